The van der Waals surface area contributed by atoms with Crippen LogP contribution in [0.15, 0.2) is 16.6 Å². The van der Waals surface area contributed by atoms with Crippen LogP contribution < -0.4 is 15.2 Å². The van der Waals surface area contributed by atoms with Gasteiger partial charge >= 0.3 is 0 Å². The van der Waals surface area contributed by atoms with Crippen molar-refractivity contribution in [2.75, 3.05) is 18.9 Å². The summed E-state index contributed by atoms with van der Waals surface area (Å²) in [5, 5.41) is 6.85. The molecule has 18 heavy (non-hydrogen) atoms. The monoisotopic (exact) mass is 309 g/mol. The van der Waals surface area contributed by atoms with E-state index in [1.165, 1.54) is 0 Å². The number of hydrogen-bond donors (Lipinski definition) is 2. The molecule has 0 amide bonds. The van der Waals surface area contributed by atoms with Crippen molar-refractivity contribution in [1.82, 2.24) is 10.2 Å². The SMILES string of the molecule is Cc1c(-c2cc(N)n[nH]2)cc(Br)c2c1OCCO2. The molecule has 0 unspecified atom stereocenters. The predicted molar refractivity (Wildman–Crippen MR) is 71.9 cm³/mol. The summed E-state index contributed by atoms with van der Waals surface area (Å²) in [4.78, 5) is 0. The minimum absolute atomic E-state index is 0.468. The Morgan fingerprint density at radius 1 is 1.28 bits per heavy atom. The summed E-state index contributed by atoms with van der Waals surface area (Å²) in [6.07, 6.45) is 0. The summed E-state index contributed by atoms with van der Waals surface area (Å²) in [6.45, 7) is 3.13. The molecule has 0 saturated carbocycles. The van der Waals surface area contributed by atoms with Crippen molar-refractivity contribution in [2.24, 2.45) is 0 Å². The van der Waals surface area contributed by atoms with Gasteiger partial charge in [-0.2, -0.15) is 5.10 Å². The van der Waals surface area contributed by atoms with Crippen LogP contribution >= 0.6 is 15.9 Å². The molecule has 0 aliphatic carbocycles. The smallest absolute Gasteiger partial charge is 0.175 e. The van der Waals surface area contributed by atoms with Gasteiger partial charge in [0.1, 0.15) is 19.0 Å². The van der Waals surface area contributed by atoms with Crippen molar-refractivity contribution in [1.29, 1.82) is 0 Å². The third-order valence-electron chi connectivity index (χ3n) is 2.90. The third kappa shape index (κ3) is 1.73. The summed E-state index contributed by atoms with van der Waals surface area (Å²) < 4.78 is 12.2. The Balaban J connectivity index is 2.19. The largest absolute Gasteiger partial charge is 0.486 e. The highest BCUT2D eigenvalue weighted by Gasteiger charge is 2.21. The number of aromatic amines is 1. The summed E-state index contributed by atoms with van der Waals surface area (Å²) in [6, 6.07) is 3.78. The van der Waals surface area contributed by atoms with Gasteiger partial charge in [0.15, 0.2) is 11.5 Å². The van der Waals surface area contributed by atoms with E-state index >= 15 is 0 Å². The van der Waals surface area contributed by atoms with E-state index in [1.54, 1.807) is 6.07 Å². The van der Waals surface area contributed by atoms with Crippen molar-refractivity contribution >= 4 is 21.7 Å². The topological polar surface area (TPSA) is 73.2 Å². The molecule has 1 aromatic heterocycles. The van der Waals surface area contributed by atoms with Crippen LogP contribution in [0.25, 0.3) is 11.3 Å². The van der Waals surface area contributed by atoms with Crippen molar-refractivity contribution in [2.45, 2.75) is 6.92 Å². The molecule has 94 valence electrons. The van der Waals surface area contributed by atoms with E-state index in [4.69, 9.17) is 15.2 Å². The Morgan fingerprint density at radius 3 is 2.67 bits per heavy atom. The van der Waals surface area contributed by atoms with Gasteiger partial charge < -0.3 is 15.2 Å². The molecule has 3 N–H and O–H groups in total. The van der Waals surface area contributed by atoms with Gasteiger partial charge in [0.2, 0.25) is 0 Å². The van der Waals surface area contributed by atoms with E-state index in [9.17, 15) is 0 Å². The number of H-pyrrole nitrogens is 1. The number of hydrogen-bond acceptors (Lipinski definition) is 4. The zero-order valence-corrected chi connectivity index (χ0v) is 11.4. The maximum absolute atomic E-state index is 5.68. The average molecular weight is 310 g/mol. The Morgan fingerprint density at radius 2 is 2.00 bits per heavy atom. The number of fused-ring (bicyclic) bond motifs is 1. The van der Waals surface area contributed by atoms with Gasteiger partial charge in [0.25, 0.3) is 0 Å². The fourth-order valence-electron chi connectivity index (χ4n) is 2.05. The number of nitrogens with two attached hydrogens (primary N) is 1. The number of rotatable bonds is 1. The second-order valence-electron chi connectivity index (χ2n) is 4.09. The first kappa shape index (κ1) is 11.4. The minimum Gasteiger partial charge on any atom is -0.486 e. The van der Waals surface area contributed by atoms with Gasteiger partial charge in [-0.25, -0.2) is 0 Å². The molecular weight excluding hydrogens is 298 g/mol. The second-order valence-corrected chi connectivity index (χ2v) is 4.95. The lowest BCUT2D eigenvalue weighted by Gasteiger charge is -2.22. The Kier molecular flexibility index (Phi) is 2.66. The van der Waals surface area contributed by atoms with Crippen LogP contribution in [0.1, 0.15) is 5.56 Å². The molecule has 5 nitrogen and oxygen atoms in total. The Bertz CT molecular complexity index is 610. The molecule has 1 aliphatic heterocycles. The molecule has 1 aliphatic rings. The number of aromatic nitrogens is 2. The van der Waals surface area contributed by atoms with E-state index in [0.29, 0.717) is 19.0 Å². The minimum atomic E-state index is 0.468. The van der Waals surface area contributed by atoms with Crippen LogP contribution in [-0.4, -0.2) is 23.4 Å². The van der Waals surface area contributed by atoms with Gasteiger partial charge in [-0.15, -0.1) is 0 Å². The van der Waals surface area contributed by atoms with Crippen LogP contribution in [0, 0.1) is 6.92 Å². The molecule has 2 heterocycles. The molecule has 0 radical (unpaired) electrons. The molecule has 3 rings (SSSR count). The number of nitrogens with zero attached hydrogens (tertiary/aromatic N) is 1. The number of ether oxygens (including phenoxy) is 2. The van der Waals surface area contributed by atoms with Crippen molar-refractivity contribution in [3.63, 3.8) is 0 Å². The van der Waals surface area contributed by atoms with E-state index in [0.717, 1.165) is 32.8 Å². The molecule has 0 atom stereocenters. The number of nitrogens with one attached hydrogen (secondary N) is 1. The van der Waals surface area contributed by atoms with E-state index in [2.05, 4.69) is 26.1 Å². The van der Waals surface area contributed by atoms with E-state index < -0.39 is 0 Å². The standard InChI is InChI=1S/C12H12BrN3O2/c1-6-7(9-5-10(14)16-15-9)4-8(13)12-11(6)17-2-3-18-12/h4-5H,2-3H2,1H3,(H3,14,15,16). The number of anilines is 1. The fourth-order valence-corrected chi connectivity index (χ4v) is 2.58. The number of benzene rings is 1. The maximum atomic E-state index is 5.68. The molecule has 0 spiro atoms. The molecule has 0 saturated heterocycles. The quantitative estimate of drug-likeness (QED) is 0.849. The zero-order valence-electron chi connectivity index (χ0n) is 9.79. The fraction of sp³-hybridized carbons (Fsp3) is 0.250. The van der Waals surface area contributed by atoms with Crippen molar-refractivity contribution < 1.29 is 9.47 Å². The summed E-state index contributed by atoms with van der Waals surface area (Å²) in [5.41, 5.74) is 8.50. The highest BCUT2D eigenvalue weighted by Crippen LogP contribution is 2.44. The first-order chi connectivity index (χ1) is 8.66. The van der Waals surface area contributed by atoms with Gasteiger partial charge in [-0.3, -0.25) is 5.10 Å². The van der Waals surface area contributed by atoms with Crippen LogP contribution in [0.3, 0.4) is 0 Å². The highest BCUT2D eigenvalue weighted by molar-refractivity contribution is 9.10. The van der Waals surface area contributed by atoms with Gasteiger partial charge in [0.05, 0.1) is 10.2 Å². The van der Waals surface area contributed by atoms with Gasteiger partial charge in [-0.1, -0.05) is 0 Å². The Labute approximate surface area is 112 Å². The van der Waals surface area contributed by atoms with E-state index in [1.807, 2.05) is 13.0 Å². The number of nitrogen functional groups attached to an aromatic ring is 1. The molecule has 1 aromatic carbocycles. The molecule has 0 bridgehead atoms. The van der Waals surface area contributed by atoms with E-state index in [-0.39, 0.29) is 0 Å². The lowest BCUT2D eigenvalue weighted by Crippen LogP contribution is -2.16. The zero-order chi connectivity index (χ0) is 12.7. The lowest BCUT2D eigenvalue weighted by atomic mass is 10.0. The normalized spacial score (nSPS) is 13.7. The van der Waals surface area contributed by atoms with Gasteiger partial charge in [-0.05, 0) is 28.9 Å². The van der Waals surface area contributed by atoms with Crippen LogP contribution in [0.5, 0.6) is 11.5 Å². The molecule has 0 fully saturated rings. The van der Waals surface area contributed by atoms with Crippen molar-refractivity contribution in [3.05, 3.63) is 22.2 Å². The van der Waals surface area contributed by atoms with Crippen LogP contribution in [0.2, 0.25) is 0 Å². The van der Waals surface area contributed by atoms with Gasteiger partial charge in [0, 0.05) is 17.2 Å². The van der Waals surface area contributed by atoms with Crippen LogP contribution in [0.4, 0.5) is 5.82 Å². The van der Waals surface area contributed by atoms with Crippen LogP contribution in [-0.2, 0) is 0 Å². The predicted octanol–water partition coefficient (Wildman–Crippen LogP) is 2.50. The maximum Gasteiger partial charge on any atom is 0.175 e. The molecular formula is C12H12BrN3O2. The second kappa shape index (κ2) is 4.20. The summed E-state index contributed by atoms with van der Waals surface area (Å²) in [5.74, 6) is 2.00. The number of halogens is 1. The average Bonchev–Trinajstić information content (AvgIpc) is 2.80. The molecule has 2 aromatic rings. The molecule has 6 heteroatoms. The summed E-state index contributed by atoms with van der Waals surface area (Å²) in [7, 11) is 0. The Hall–Kier alpha value is -1.69. The lowest BCUT2D eigenvalue weighted by molar-refractivity contribution is 0.169. The first-order valence-corrected chi connectivity index (χ1v) is 6.36. The van der Waals surface area contributed by atoms with Crippen molar-refractivity contribution in [3.8, 4) is 22.8 Å². The first-order valence-electron chi connectivity index (χ1n) is 5.57. The highest BCUT2D eigenvalue weighted by atomic mass is 79.9. The third-order valence-corrected chi connectivity index (χ3v) is 3.49. The summed E-state index contributed by atoms with van der Waals surface area (Å²) >= 11 is 3.50.